The molecule has 0 heterocycles. The van der Waals surface area contributed by atoms with Gasteiger partial charge in [-0.15, -0.1) is 9.93 Å². The lowest BCUT2D eigenvalue weighted by atomic mass is 11.0. The summed E-state index contributed by atoms with van der Waals surface area (Å²) in [5, 5.41) is 0. The zero-order valence-electron chi connectivity index (χ0n) is 5.27. The van der Waals surface area contributed by atoms with Gasteiger partial charge in [0.1, 0.15) is 0 Å². The minimum absolute atomic E-state index is 0.851. The molecule has 0 amide bonds. The van der Waals surface area contributed by atoms with Gasteiger partial charge >= 0.3 is 0 Å². The lowest BCUT2D eigenvalue weighted by Gasteiger charge is -2.10. The zero-order chi connectivity index (χ0) is 5.91. The Kier molecular flexibility index (Phi) is 2.51. The first-order chi connectivity index (χ1) is 3.12. The molecule has 0 aromatic carbocycles. The van der Waals surface area contributed by atoms with Crippen molar-refractivity contribution in [2.75, 3.05) is 17.8 Å². The highest BCUT2D eigenvalue weighted by Crippen LogP contribution is 1.94. The van der Waals surface area contributed by atoms with E-state index in [1.165, 1.54) is 0 Å². The molecular formula is C5H14OS. The standard InChI is InChI=1S/C5H14OS/c1-4-7(3,6)5-2/h7H,4-5H2,1-3H3. The van der Waals surface area contributed by atoms with E-state index in [1.54, 1.807) is 0 Å². The van der Waals surface area contributed by atoms with Gasteiger partial charge in [0.05, 0.1) is 0 Å². The Hall–Kier alpha value is 0.150. The molecule has 1 nitrogen and oxygen atoms in total. The molecule has 0 spiro atoms. The predicted octanol–water partition coefficient (Wildman–Crippen LogP) is 0.673. The summed E-state index contributed by atoms with van der Waals surface area (Å²) in [5.74, 6) is 1.70. The molecule has 7 heavy (non-hydrogen) atoms. The Morgan fingerprint density at radius 2 is 1.57 bits per heavy atom. The Bertz CT molecular complexity index is 80.1. The Balaban J connectivity index is 3.61. The van der Waals surface area contributed by atoms with E-state index in [-0.39, 0.29) is 0 Å². The van der Waals surface area contributed by atoms with Crippen LogP contribution in [-0.2, 0) is 9.93 Å². The topological polar surface area (TPSA) is 17.1 Å². The van der Waals surface area contributed by atoms with Crippen LogP contribution in [0.15, 0.2) is 0 Å². The minimum Gasteiger partial charge on any atom is -0.285 e. The van der Waals surface area contributed by atoms with Crippen molar-refractivity contribution in [3.63, 3.8) is 0 Å². The van der Waals surface area contributed by atoms with Crippen molar-refractivity contribution in [1.82, 2.24) is 0 Å². The molecule has 0 atom stereocenters. The lowest BCUT2D eigenvalue weighted by molar-refractivity contribution is 0.676. The molecule has 2 heteroatoms. The molecule has 46 valence electrons. The number of thiol groups is 1. The molecule has 0 saturated heterocycles. The van der Waals surface area contributed by atoms with Crippen molar-refractivity contribution in [2.45, 2.75) is 13.8 Å². The number of rotatable bonds is 2. The average molecular weight is 122 g/mol. The van der Waals surface area contributed by atoms with Crippen LogP contribution in [0.1, 0.15) is 13.8 Å². The molecule has 0 radical (unpaired) electrons. The van der Waals surface area contributed by atoms with E-state index in [9.17, 15) is 4.21 Å². The van der Waals surface area contributed by atoms with E-state index in [0.717, 1.165) is 11.5 Å². The summed E-state index contributed by atoms with van der Waals surface area (Å²) in [6, 6.07) is 0. The minimum atomic E-state index is -1.65. The first-order valence-electron chi connectivity index (χ1n) is 2.68. The van der Waals surface area contributed by atoms with Gasteiger partial charge in [-0.05, 0) is 17.8 Å². The van der Waals surface area contributed by atoms with Crippen molar-refractivity contribution >= 4 is 9.93 Å². The van der Waals surface area contributed by atoms with E-state index >= 15 is 0 Å². The highest BCUT2D eigenvalue weighted by Gasteiger charge is 1.97. The second-order valence-corrected chi connectivity index (χ2v) is 5.79. The quantitative estimate of drug-likeness (QED) is 0.533. The van der Waals surface area contributed by atoms with Crippen LogP contribution in [-0.4, -0.2) is 22.0 Å². The van der Waals surface area contributed by atoms with Gasteiger partial charge in [-0.25, -0.2) is 0 Å². The fourth-order valence-corrected chi connectivity index (χ4v) is 0.671. The Morgan fingerprint density at radius 1 is 1.29 bits per heavy atom. The van der Waals surface area contributed by atoms with Crippen molar-refractivity contribution in [3.8, 4) is 0 Å². The number of hydrogen-bond acceptors (Lipinski definition) is 1. The van der Waals surface area contributed by atoms with Gasteiger partial charge < -0.3 is 0 Å². The van der Waals surface area contributed by atoms with Crippen LogP contribution < -0.4 is 0 Å². The Labute approximate surface area is 46.5 Å². The molecule has 0 aliphatic carbocycles. The van der Waals surface area contributed by atoms with Crippen molar-refractivity contribution in [2.24, 2.45) is 0 Å². The van der Waals surface area contributed by atoms with Crippen LogP contribution in [0.3, 0.4) is 0 Å². The smallest absolute Gasteiger partial charge is 0.00183 e. The molecule has 0 N–H and O–H groups in total. The van der Waals surface area contributed by atoms with Crippen LogP contribution in [0, 0.1) is 0 Å². The highest BCUT2D eigenvalue weighted by molar-refractivity contribution is 8.02. The average Bonchev–Trinajstić information content (AvgIpc) is 1.68. The molecule has 0 saturated carbocycles. The van der Waals surface area contributed by atoms with Crippen LogP contribution in [0.2, 0.25) is 0 Å². The van der Waals surface area contributed by atoms with Crippen LogP contribution in [0.4, 0.5) is 0 Å². The molecular weight excluding hydrogens is 108 g/mol. The maximum Gasteiger partial charge on any atom is -0.00183 e. The SMILES string of the molecule is CC[SH](C)(=O)CC. The van der Waals surface area contributed by atoms with Gasteiger partial charge in [0.2, 0.25) is 0 Å². The second-order valence-electron chi connectivity index (χ2n) is 1.93. The van der Waals surface area contributed by atoms with Crippen molar-refractivity contribution in [3.05, 3.63) is 0 Å². The van der Waals surface area contributed by atoms with E-state index in [0.29, 0.717) is 0 Å². The largest absolute Gasteiger partial charge is 0.285 e. The molecule has 0 aromatic heterocycles. The normalized spacial score (nSPS) is 14.1. The third kappa shape index (κ3) is 2.80. The summed E-state index contributed by atoms with van der Waals surface area (Å²) in [4.78, 5) is 0. The lowest BCUT2D eigenvalue weighted by Crippen LogP contribution is -2.13. The van der Waals surface area contributed by atoms with Gasteiger partial charge in [0, 0.05) is 0 Å². The molecule has 0 fully saturated rings. The van der Waals surface area contributed by atoms with Crippen LogP contribution in [0.25, 0.3) is 0 Å². The first kappa shape index (κ1) is 7.15. The Morgan fingerprint density at radius 3 is 1.57 bits per heavy atom. The van der Waals surface area contributed by atoms with Crippen molar-refractivity contribution in [1.29, 1.82) is 0 Å². The van der Waals surface area contributed by atoms with Gasteiger partial charge in [0.15, 0.2) is 0 Å². The second kappa shape index (κ2) is 2.46. The van der Waals surface area contributed by atoms with E-state index < -0.39 is 9.93 Å². The van der Waals surface area contributed by atoms with Gasteiger partial charge in [0.25, 0.3) is 0 Å². The van der Waals surface area contributed by atoms with Gasteiger partial charge in [-0.3, -0.25) is 4.21 Å². The van der Waals surface area contributed by atoms with E-state index in [2.05, 4.69) is 0 Å². The summed E-state index contributed by atoms with van der Waals surface area (Å²) in [6.07, 6.45) is 1.85. The van der Waals surface area contributed by atoms with Gasteiger partial charge in [-0.1, -0.05) is 13.8 Å². The fraction of sp³-hybridized carbons (Fsp3) is 1.00. The summed E-state index contributed by atoms with van der Waals surface area (Å²) in [6.45, 7) is 3.95. The third-order valence-corrected chi connectivity index (χ3v) is 4.01. The van der Waals surface area contributed by atoms with Crippen LogP contribution >= 0.6 is 0 Å². The summed E-state index contributed by atoms with van der Waals surface area (Å²) >= 11 is 0. The third-order valence-electron chi connectivity index (χ3n) is 1.34. The highest BCUT2D eigenvalue weighted by atomic mass is 32.2. The summed E-state index contributed by atoms with van der Waals surface area (Å²) in [7, 11) is -1.65. The molecule has 0 bridgehead atoms. The predicted molar refractivity (Wildman–Crippen MR) is 36.5 cm³/mol. The summed E-state index contributed by atoms with van der Waals surface area (Å²) < 4.78 is 11.0. The molecule has 0 rings (SSSR count). The number of hydrogen-bond donors (Lipinski definition) is 1. The maximum absolute atomic E-state index is 11.0. The van der Waals surface area contributed by atoms with Crippen LogP contribution in [0.5, 0.6) is 0 Å². The molecule has 0 aliphatic heterocycles. The monoisotopic (exact) mass is 122 g/mol. The summed E-state index contributed by atoms with van der Waals surface area (Å²) in [5.41, 5.74) is 0. The van der Waals surface area contributed by atoms with E-state index in [1.807, 2.05) is 20.1 Å². The molecule has 0 unspecified atom stereocenters. The van der Waals surface area contributed by atoms with E-state index in [4.69, 9.17) is 0 Å². The molecule has 0 aromatic rings. The zero-order valence-corrected chi connectivity index (χ0v) is 6.16. The fourth-order valence-electron chi connectivity index (χ4n) is 0.224. The molecule has 0 aliphatic rings. The maximum atomic E-state index is 11.0. The van der Waals surface area contributed by atoms with Gasteiger partial charge in [-0.2, -0.15) is 0 Å². The first-order valence-corrected chi connectivity index (χ1v) is 5.20. The van der Waals surface area contributed by atoms with Crippen molar-refractivity contribution < 1.29 is 4.21 Å².